The van der Waals surface area contributed by atoms with Gasteiger partial charge in [-0.1, -0.05) is 12.1 Å². The van der Waals surface area contributed by atoms with Gasteiger partial charge in [0.25, 0.3) is 15.9 Å². The van der Waals surface area contributed by atoms with E-state index in [2.05, 4.69) is 9.38 Å². The van der Waals surface area contributed by atoms with Gasteiger partial charge in [-0.25, -0.2) is 8.42 Å². The Morgan fingerprint density at radius 2 is 2.03 bits per heavy atom. The van der Waals surface area contributed by atoms with Crippen LogP contribution in [-0.2, 0) is 15.8 Å². The maximum absolute atomic E-state index is 12.7. The van der Waals surface area contributed by atoms with Gasteiger partial charge in [-0.15, -0.1) is 4.40 Å². The first kappa shape index (κ1) is 19.4. The molecule has 0 radical (unpaired) electrons. The first-order valence-electron chi connectivity index (χ1n) is 9.45. The maximum Gasteiger partial charge on any atom is 0.259 e. The lowest BCUT2D eigenvalue weighted by Gasteiger charge is -2.33. The summed E-state index contributed by atoms with van der Waals surface area (Å²) < 4.78 is 33.2. The van der Waals surface area contributed by atoms with Gasteiger partial charge in [-0.3, -0.25) is 9.78 Å². The minimum Gasteiger partial charge on any atom is -0.492 e. The van der Waals surface area contributed by atoms with Crippen molar-refractivity contribution in [2.45, 2.75) is 18.6 Å². The number of aromatic nitrogens is 1. The van der Waals surface area contributed by atoms with Crippen molar-refractivity contribution < 1.29 is 17.9 Å². The summed E-state index contributed by atoms with van der Waals surface area (Å²) in [7, 11) is -3.58. The average molecular weight is 414 g/mol. The molecule has 1 amide bonds. The van der Waals surface area contributed by atoms with E-state index in [1.54, 1.807) is 42.7 Å². The van der Waals surface area contributed by atoms with Crippen LogP contribution in [0.2, 0.25) is 0 Å². The molecule has 1 saturated heterocycles. The van der Waals surface area contributed by atoms with Gasteiger partial charge in [0.15, 0.2) is 0 Å². The minimum absolute atomic E-state index is 0.00391. The molecule has 29 heavy (non-hydrogen) atoms. The predicted molar refractivity (Wildman–Crippen MR) is 108 cm³/mol. The molecule has 1 unspecified atom stereocenters. The summed E-state index contributed by atoms with van der Waals surface area (Å²) in [5.74, 6) is 0.473. The molecule has 0 bridgehead atoms. The van der Waals surface area contributed by atoms with Crippen molar-refractivity contribution in [3.63, 3.8) is 0 Å². The first-order chi connectivity index (χ1) is 13.9. The van der Waals surface area contributed by atoms with Crippen molar-refractivity contribution in [3.8, 4) is 5.75 Å². The number of benzene rings is 1. The number of amidine groups is 1. The average Bonchev–Trinajstić information content (AvgIpc) is 2.71. The lowest BCUT2D eigenvalue weighted by Crippen LogP contribution is -2.41. The SMILES string of the molecule is NC1=NS(=O)(=O)Cc2cccc(OCC3CCCN(C(=O)c4ccncc4)C3)c21. The van der Waals surface area contributed by atoms with E-state index >= 15 is 0 Å². The van der Waals surface area contributed by atoms with Crippen LogP contribution in [0.4, 0.5) is 0 Å². The molecule has 2 aliphatic heterocycles. The summed E-state index contributed by atoms with van der Waals surface area (Å²) in [6.45, 7) is 1.74. The number of carbonyl (C=O) groups is 1. The zero-order valence-corrected chi connectivity index (χ0v) is 16.6. The summed E-state index contributed by atoms with van der Waals surface area (Å²) >= 11 is 0. The van der Waals surface area contributed by atoms with Crippen molar-refractivity contribution in [2.24, 2.45) is 16.0 Å². The molecule has 1 fully saturated rings. The second-order valence-corrected chi connectivity index (χ2v) is 8.93. The Labute approximate surface area is 169 Å². The number of amides is 1. The molecule has 3 heterocycles. The molecule has 2 aromatic rings. The number of fused-ring (bicyclic) bond motifs is 1. The van der Waals surface area contributed by atoms with Crippen molar-refractivity contribution in [2.75, 3.05) is 19.7 Å². The maximum atomic E-state index is 12.7. The number of ether oxygens (including phenoxy) is 1. The molecule has 0 saturated carbocycles. The highest BCUT2D eigenvalue weighted by Crippen LogP contribution is 2.29. The highest BCUT2D eigenvalue weighted by Gasteiger charge is 2.27. The second kappa shape index (κ2) is 7.82. The number of rotatable bonds is 4. The fraction of sp³-hybridized carbons (Fsp3) is 0.350. The third kappa shape index (κ3) is 4.24. The number of nitrogens with zero attached hydrogens (tertiary/aromatic N) is 3. The molecule has 1 aromatic carbocycles. The molecular formula is C20H22N4O4S. The predicted octanol–water partition coefficient (Wildman–Crippen LogP) is 1.56. The van der Waals surface area contributed by atoms with Gasteiger partial charge < -0.3 is 15.4 Å². The first-order valence-corrected chi connectivity index (χ1v) is 11.1. The molecule has 2 N–H and O–H groups in total. The molecule has 1 aromatic heterocycles. The number of pyridine rings is 1. The summed E-state index contributed by atoms with van der Waals surface area (Å²) in [5.41, 5.74) is 7.65. The molecule has 2 aliphatic rings. The van der Waals surface area contributed by atoms with Gasteiger partial charge in [-0.2, -0.15) is 0 Å². The molecule has 0 aliphatic carbocycles. The summed E-state index contributed by atoms with van der Waals surface area (Å²) in [6.07, 6.45) is 5.08. The van der Waals surface area contributed by atoms with Crippen LogP contribution in [0.15, 0.2) is 47.1 Å². The number of likely N-dealkylation sites (tertiary alicyclic amines) is 1. The number of sulfonamides is 1. The van der Waals surface area contributed by atoms with E-state index in [0.29, 0.717) is 35.6 Å². The monoisotopic (exact) mass is 414 g/mol. The smallest absolute Gasteiger partial charge is 0.259 e. The van der Waals surface area contributed by atoms with E-state index < -0.39 is 10.0 Å². The van der Waals surface area contributed by atoms with Gasteiger partial charge in [-0.05, 0) is 36.6 Å². The van der Waals surface area contributed by atoms with E-state index in [4.69, 9.17) is 10.5 Å². The molecular weight excluding hydrogens is 392 g/mol. The number of nitrogens with two attached hydrogens (primary N) is 1. The van der Waals surface area contributed by atoms with Crippen molar-refractivity contribution >= 4 is 21.8 Å². The van der Waals surface area contributed by atoms with Crippen LogP contribution in [0, 0.1) is 5.92 Å². The Hall–Kier alpha value is -2.94. The van der Waals surface area contributed by atoms with E-state index in [9.17, 15) is 13.2 Å². The van der Waals surface area contributed by atoms with Crippen LogP contribution >= 0.6 is 0 Å². The van der Waals surface area contributed by atoms with Crippen LogP contribution in [0.25, 0.3) is 0 Å². The van der Waals surface area contributed by atoms with Gasteiger partial charge in [0.1, 0.15) is 11.6 Å². The minimum atomic E-state index is -3.58. The third-order valence-corrected chi connectivity index (χ3v) is 6.30. The highest BCUT2D eigenvalue weighted by atomic mass is 32.2. The third-order valence-electron chi connectivity index (χ3n) is 5.15. The van der Waals surface area contributed by atoms with E-state index in [0.717, 1.165) is 19.4 Å². The Bertz CT molecular complexity index is 1050. The van der Waals surface area contributed by atoms with Gasteiger partial charge in [0.2, 0.25) is 0 Å². The molecule has 0 spiro atoms. The fourth-order valence-electron chi connectivity index (χ4n) is 3.80. The van der Waals surface area contributed by atoms with Gasteiger partial charge >= 0.3 is 0 Å². The fourth-order valence-corrected chi connectivity index (χ4v) is 4.89. The van der Waals surface area contributed by atoms with E-state index in [1.807, 2.05) is 4.90 Å². The number of hydrogen-bond donors (Lipinski definition) is 1. The van der Waals surface area contributed by atoms with Gasteiger partial charge in [0, 0.05) is 37.0 Å². The summed E-state index contributed by atoms with van der Waals surface area (Å²) in [6, 6.07) is 8.67. The van der Waals surface area contributed by atoms with Crippen molar-refractivity contribution in [1.82, 2.24) is 9.88 Å². The number of piperidine rings is 1. The molecule has 4 rings (SSSR count). The Morgan fingerprint density at radius 1 is 1.24 bits per heavy atom. The zero-order chi connectivity index (χ0) is 20.4. The largest absolute Gasteiger partial charge is 0.492 e. The van der Waals surface area contributed by atoms with Crippen LogP contribution in [0.3, 0.4) is 0 Å². The molecule has 8 nitrogen and oxygen atoms in total. The standard InChI is InChI=1S/C20H22N4O4S/c21-19-18-16(13-29(26,27)23-19)4-1-5-17(18)28-12-14-3-2-10-24(11-14)20(25)15-6-8-22-9-7-15/h1,4-9,14H,2-3,10-13H2,(H2,21,23). The van der Waals surface area contributed by atoms with Gasteiger partial charge in [0.05, 0.1) is 17.9 Å². The number of hydrogen-bond acceptors (Lipinski definition) is 6. The Kier molecular flexibility index (Phi) is 5.23. The Balaban J connectivity index is 1.44. The Morgan fingerprint density at radius 3 is 2.83 bits per heavy atom. The molecule has 152 valence electrons. The quantitative estimate of drug-likeness (QED) is 0.812. The lowest BCUT2D eigenvalue weighted by atomic mass is 9.98. The van der Waals surface area contributed by atoms with Crippen molar-refractivity contribution in [1.29, 1.82) is 0 Å². The van der Waals surface area contributed by atoms with E-state index in [1.165, 1.54) is 0 Å². The normalized spacial score (nSPS) is 20.5. The molecule has 1 atom stereocenters. The van der Waals surface area contributed by atoms with Crippen molar-refractivity contribution in [3.05, 3.63) is 59.4 Å². The zero-order valence-electron chi connectivity index (χ0n) is 15.8. The highest BCUT2D eigenvalue weighted by molar-refractivity contribution is 7.89. The summed E-state index contributed by atoms with van der Waals surface area (Å²) in [5, 5.41) is 0. The number of carbonyl (C=O) groups excluding carboxylic acids is 1. The van der Waals surface area contributed by atoms with Crippen LogP contribution in [-0.4, -0.2) is 49.7 Å². The topological polar surface area (TPSA) is 115 Å². The second-order valence-electron chi connectivity index (χ2n) is 7.30. The van der Waals surface area contributed by atoms with Crippen LogP contribution in [0.5, 0.6) is 5.75 Å². The molecule has 9 heteroatoms. The lowest BCUT2D eigenvalue weighted by molar-refractivity contribution is 0.0633. The van der Waals surface area contributed by atoms with Crippen LogP contribution in [0.1, 0.15) is 34.3 Å². The summed E-state index contributed by atoms with van der Waals surface area (Å²) in [4.78, 5) is 18.5. The van der Waals surface area contributed by atoms with E-state index in [-0.39, 0.29) is 23.4 Å². The van der Waals surface area contributed by atoms with Crippen LogP contribution < -0.4 is 10.5 Å².